The first kappa shape index (κ1) is 17.7. The predicted octanol–water partition coefficient (Wildman–Crippen LogP) is 1.60. The van der Waals surface area contributed by atoms with Crippen LogP contribution in [-0.2, 0) is 9.59 Å². The van der Waals surface area contributed by atoms with E-state index in [0.29, 0.717) is 12.3 Å². The summed E-state index contributed by atoms with van der Waals surface area (Å²) < 4.78 is 5.36. The van der Waals surface area contributed by atoms with Crippen molar-refractivity contribution >= 4 is 17.5 Å². The minimum absolute atomic E-state index is 0.0142. The van der Waals surface area contributed by atoms with Crippen molar-refractivity contribution in [1.29, 1.82) is 0 Å². The van der Waals surface area contributed by atoms with Crippen LogP contribution in [0.15, 0.2) is 24.3 Å². The maximum atomic E-state index is 12.9. The van der Waals surface area contributed by atoms with E-state index in [9.17, 15) is 9.59 Å². The Hall–Kier alpha value is -2.08. The van der Waals surface area contributed by atoms with Crippen molar-refractivity contribution in [3.63, 3.8) is 0 Å². The fourth-order valence-electron chi connectivity index (χ4n) is 3.81. The van der Waals surface area contributed by atoms with Crippen molar-refractivity contribution in [2.24, 2.45) is 5.92 Å². The lowest BCUT2D eigenvalue weighted by Crippen LogP contribution is -2.46. The lowest BCUT2D eigenvalue weighted by molar-refractivity contribution is -0.137. The molecule has 0 bridgehead atoms. The van der Waals surface area contributed by atoms with E-state index in [1.165, 1.54) is 0 Å². The minimum atomic E-state index is -0.276. The number of para-hydroxylation sites is 2. The van der Waals surface area contributed by atoms with Gasteiger partial charge in [-0.3, -0.25) is 9.59 Å². The van der Waals surface area contributed by atoms with E-state index < -0.39 is 0 Å². The Morgan fingerprint density at radius 2 is 1.92 bits per heavy atom. The average Bonchev–Trinajstić information content (AvgIpc) is 3.02. The van der Waals surface area contributed by atoms with Gasteiger partial charge in [0.2, 0.25) is 11.8 Å². The van der Waals surface area contributed by atoms with Gasteiger partial charge in [-0.25, -0.2) is 0 Å². The van der Waals surface area contributed by atoms with Crippen molar-refractivity contribution in [3.05, 3.63) is 24.3 Å². The number of amides is 2. The first-order valence-corrected chi connectivity index (χ1v) is 8.90. The largest absolute Gasteiger partial charge is 0.495 e. The van der Waals surface area contributed by atoms with Crippen LogP contribution in [-0.4, -0.2) is 68.5 Å². The van der Waals surface area contributed by atoms with Crippen molar-refractivity contribution in [3.8, 4) is 5.75 Å². The zero-order chi connectivity index (χ0) is 18.0. The summed E-state index contributed by atoms with van der Waals surface area (Å²) in [5.41, 5.74) is 0.743. The topological polar surface area (TPSA) is 53.1 Å². The molecule has 0 N–H and O–H groups in total. The van der Waals surface area contributed by atoms with Gasteiger partial charge in [-0.2, -0.15) is 0 Å². The van der Waals surface area contributed by atoms with Gasteiger partial charge in [0.1, 0.15) is 5.75 Å². The fourth-order valence-corrected chi connectivity index (χ4v) is 3.81. The number of methoxy groups -OCH3 is 1. The Kier molecular flexibility index (Phi) is 5.27. The van der Waals surface area contributed by atoms with Gasteiger partial charge in [0.05, 0.1) is 18.7 Å². The molecule has 1 atom stereocenters. The van der Waals surface area contributed by atoms with Crippen LogP contribution in [0.3, 0.4) is 0 Å². The minimum Gasteiger partial charge on any atom is -0.495 e. The van der Waals surface area contributed by atoms with Crippen LogP contribution in [0, 0.1) is 5.92 Å². The molecule has 2 saturated heterocycles. The molecule has 0 aliphatic carbocycles. The Labute approximate surface area is 149 Å². The zero-order valence-electron chi connectivity index (χ0n) is 15.3. The highest BCUT2D eigenvalue weighted by Crippen LogP contribution is 2.33. The number of ether oxygens (including phenoxy) is 1. The molecule has 136 valence electrons. The molecule has 0 saturated carbocycles. The third-order valence-corrected chi connectivity index (χ3v) is 5.43. The Bertz CT molecular complexity index is 641. The summed E-state index contributed by atoms with van der Waals surface area (Å²) in [5, 5.41) is 0. The summed E-state index contributed by atoms with van der Waals surface area (Å²) in [7, 11) is 5.59. The maximum Gasteiger partial charge on any atom is 0.228 e. The molecule has 0 radical (unpaired) electrons. The number of carbonyl (C=O) groups excluding carboxylic acids is 2. The van der Waals surface area contributed by atoms with Gasteiger partial charge in [-0.15, -0.1) is 0 Å². The van der Waals surface area contributed by atoms with Gasteiger partial charge < -0.3 is 19.4 Å². The van der Waals surface area contributed by atoms with Crippen molar-refractivity contribution in [2.45, 2.75) is 25.3 Å². The van der Waals surface area contributed by atoms with E-state index in [-0.39, 0.29) is 30.2 Å². The molecule has 25 heavy (non-hydrogen) atoms. The van der Waals surface area contributed by atoms with Crippen LogP contribution < -0.4 is 9.64 Å². The molecule has 0 aromatic heterocycles. The summed E-state index contributed by atoms with van der Waals surface area (Å²) in [6.45, 7) is 2.45. The summed E-state index contributed by atoms with van der Waals surface area (Å²) in [4.78, 5) is 31.2. The van der Waals surface area contributed by atoms with E-state index in [4.69, 9.17) is 4.74 Å². The predicted molar refractivity (Wildman–Crippen MR) is 96.7 cm³/mol. The summed E-state index contributed by atoms with van der Waals surface area (Å²) in [5.74, 6) is 0.453. The van der Waals surface area contributed by atoms with Gasteiger partial charge in [0.15, 0.2) is 0 Å². The molecule has 6 heteroatoms. The Morgan fingerprint density at radius 1 is 1.24 bits per heavy atom. The maximum absolute atomic E-state index is 12.9. The third-order valence-electron chi connectivity index (χ3n) is 5.43. The van der Waals surface area contributed by atoms with Crippen molar-refractivity contribution in [1.82, 2.24) is 9.80 Å². The van der Waals surface area contributed by atoms with Crippen LogP contribution in [0.5, 0.6) is 5.75 Å². The highest BCUT2D eigenvalue weighted by atomic mass is 16.5. The van der Waals surface area contributed by atoms with E-state index in [2.05, 4.69) is 11.9 Å². The molecule has 3 rings (SSSR count). The number of likely N-dealkylation sites (tertiary alicyclic amines) is 1. The number of rotatable bonds is 4. The number of benzene rings is 1. The zero-order valence-corrected chi connectivity index (χ0v) is 15.3. The summed E-state index contributed by atoms with van der Waals surface area (Å²) in [6, 6.07) is 7.73. The van der Waals surface area contributed by atoms with Gasteiger partial charge >= 0.3 is 0 Å². The SMILES string of the molecule is COc1ccccc1N1CC(C(=O)N(C)C2CCN(C)CC2)CC1=O. The lowest BCUT2D eigenvalue weighted by Gasteiger charge is -2.36. The van der Waals surface area contributed by atoms with Crippen LogP contribution in [0.4, 0.5) is 5.69 Å². The van der Waals surface area contributed by atoms with E-state index in [1.54, 1.807) is 12.0 Å². The molecular formula is C19H27N3O3. The standard InChI is InChI=1S/C19H27N3O3/c1-20-10-8-15(9-11-20)21(2)19(24)14-12-18(23)22(13-14)16-6-4-5-7-17(16)25-3/h4-7,14-15H,8-13H2,1-3H3. The fraction of sp³-hybridized carbons (Fsp3) is 0.579. The van der Waals surface area contributed by atoms with Crippen molar-refractivity contribution in [2.75, 3.05) is 45.7 Å². The number of anilines is 1. The van der Waals surface area contributed by atoms with E-state index >= 15 is 0 Å². The molecule has 2 amide bonds. The van der Waals surface area contributed by atoms with Gasteiger partial charge in [-0.1, -0.05) is 12.1 Å². The second-order valence-electron chi connectivity index (χ2n) is 7.06. The molecule has 1 aromatic rings. The van der Waals surface area contributed by atoms with E-state index in [0.717, 1.165) is 31.6 Å². The quantitative estimate of drug-likeness (QED) is 0.832. The number of piperidine rings is 1. The number of hydrogen-bond acceptors (Lipinski definition) is 4. The highest BCUT2D eigenvalue weighted by Gasteiger charge is 2.39. The number of nitrogens with zero attached hydrogens (tertiary/aromatic N) is 3. The van der Waals surface area contributed by atoms with Crippen molar-refractivity contribution < 1.29 is 14.3 Å². The first-order valence-electron chi connectivity index (χ1n) is 8.90. The molecule has 1 aromatic carbocycles. The smallest absolute Gasteiger partial charge is 0.228 e. The Morgan fingerprint density at radius 3 is 2.60 bits per heavy atom. The highest BCUT2D eigenvalue weighted by molar-refractivity contribution is 6.01. The molecule has 1 unspecified atom stereocenters. The third kappa shape index (κ3) is 3.63. The second-order valence-corrected chi connectivity index (χ2v) is 7.06. The van der Waals surface area contributed by atoms with Gasteiger partial charge in [0.25, 0.3) is 0 Å². The normalized spacial score (nSPS) is 22.3. The first-order chi connectivity index (χ1) is 12.0. The molecule has 2 fully saturated rings. The molecule has 2 aliphatic heterocycles. The molecule has 2 heterocycles. The van der Waals surface area contributed by atoms with Gasteiger partial charge in [-0.05, 0) is 45.1 Å². The van der Waals surface area contributed by atoms with Crippen LogP contribution in [0.25, 0.3) is 0 Å². The van der Waals surface area contributed by atoms with Crippen LogP contribution in [0.1, 0.15) is 19.3 Å². The van der Waals surface area contributed by atoms with E-state index in [1.807, 2.05) is 36.2 Å². The molecule has 6 nitrogen and oxygen atoms in total. The monoisotopic (exact) mass is 345 g/mol. The molecule has 0 spiro atoms. The summed E-state index contributed by atoms with van der Waals surface area (Å²) in [6.07, 6.45) is 2.26. The molecular weight excluding hydrogens is 318 g/mol. The Balaban J connectivity index is 1.68. The summed E-state index contributed by atoms with van der Waals surface area (Å²) >= 11 is 0. The van der Waals surface area contributed by atoms with Gasteiger partial charge in [0, 0.05) is 26.1 Å². The number of carbonyl (C=O) groups is 2. The average molecular weight is 345 g/mol. The number of hydrogen-bond donors (Lipinski definition) is 0. The van der Waals surface area contributed by atoms with Crippen LogP contribution in [0.2, 0.25) is 0 Å². The lowest BCUT2D eigenvalue weighted by atomic mass is 10.0. The molecule has 2 aliphatic rings. The second kappa shape index (κ2) is 7.44. The van der Waals surface area contributed by atoms with Crippen LogP contribution >= 0.6 is 0 Å².